The number of benzene rings is 1. The van der Waals surface area contributed by atoms with E-state index in [1.54, 1.807) is 11.1 Å². The van der Waals surface area contributed by atoms with Gasteiger partial charge in [0.25, 0.3) is 0 Å². The van der Waals surface area contributed by atoms with Gasteiger partial charge in [-0.25, -0.2) is 0 Å². The standard InChI is InChI=1S/C16H25N3/c1-17-16(19-10-8-18-9-11-19)15-7-6-13-4-2-3-5-14(13)12-15/h6-7,12,16-18H,2-5,8-11H2,1H3. The van der Waals surface area contributed by atoms with E-state index in [2.05, 4.69) is 40.8 Å². The van der Waals surface area contributed by atoms with Crippen LogP contribution in [0.25, 0.3) is 0 Å². The summed E-state index contributed by atoms with van der Waals surface area (Å²) in [6.07, 6.45) is 5.62. The Balaban J connectivity index is 1.82. The molecule has 104 valence electrons. The lowest BCUT2D eigenvalue weighted by Gasteiger charge is -2.35. The Morgan fingerprint density at radius 2 is 1.84 bits per heavy atom. The molecular formula is C16H25N3. The minimum Gasteiger partial charge on any atom is -0.314 e. The molecule has 1 aromatic carbocycles. The first kappa shape index (κ1) is 13.1. The van der Waals surface area contributed by atoms with Crippen molar-refractivity contribution in [2.75, 3.05) is 33.2 Å². The van der Waals surface area contributed by atoms with Crippen LogP contribution in [0.15, 0.2) is 18.2 Å². The van der Waals surface area contributed by atoms with Gasteiger partial charge in [-0.15, -0.1) is 0 Å². The normalized spacial score (nSPS) is 21.9. The van der Waals surface area contributed by atoms with Crippen LogP contribution in [-0.4, -0.2) is 38.1 Å². The van der Waals surface area contributed by atoms with Gasteiger partial charge in [-0.1, -0.05) is 18.2 Å². The monoisotopic (exact) mass is 259 g/mol. The maximum atomic E-state index is 3.49. The molecule has 1 fully saturated rings. The zero-order valence-corrected chi connectivity index (χ0v) is 11.9. The van der Waals surface area contributed by atoms with Crippen LogP contribution in [0.1, 0.15) is 35.7 Å². The molecule has 1 aliphatic heterocycles. The molecule has 1 saturated heterocycles. The molecule has 0 saturated carbocycles. The van der Waals surface area contributed by atoms with E-state index in [1.165, 1.54) is 31.2 Å². The van der Waals surface area contributed by atoms with Crippen LogP contribution in [0.5, 0.6) is 0 Å². The molecule has 0 spiro atoms. The number of nitrogens with zero attached hydrogens (tertiary/aromatic N) is 1. The minimum absolute atomic E-state index is 0.370. The number of piperazine rings is 1. The SMILES string of the molecule is CNC(c1ccc2c(c1)CCCC2)N1CCNCC1. The Morgan fingerprint density at radius 1 is 1.11 bits per heavy atom. The summed E-state index contributed by atoms with van der Waals surface area (Å²) in [5.74, 6) is 0. The van der Waals surface area contributed by atoms with Gasteiger partial charge in [0, 0.05) is 26.2 Å². The molecule has 3 heteroatoms. The van der Waals surface area contributed by atoms with E-state index in [0.717, 1.165) is 26.2 Å². The van der Waals surface area contributed by atoms with E-state index >= 15 is 0 Å². The van der Waals surface area contributed by atoms with E-state index < -0.39 is 0 Å². The lowest BCUT2D eigenvalue weighted by Crippen LogP contribution is -2.48. The van der Waals surface area contributed by atoms with Gasteiger partial charge >= 0.3 is 0 Å². The first-order chi connectivity index (χ1) is 9.38. The van der Waals surface area contributed by atoms with Crippen LogP contribution in [0, 0.1) is 0 Å². The highest BCUT2D eigenvalue weighted by atomic mass is 15.3. The summed E-state index contributed by atoms with van der Waals surface area (Å²) >= 11 is 0. The maximum absolute atomic E-state index is 3.49. The quantitative estimate of drug-likeness (QED) is 0.865. The highest BCUT2D eigenvalue weighted by Gasteiger charge is 2.21. The van der Waals surface area contributed by atoms with Crippen molar-refractivity contribution in [1.29, 1.82) is 0 Å². The molecule has 0 bridgehead atoms. The number of fused-ring (bicyclic) bond motifs is 1. The molecule has 1 atom stereocenters. The smallest absolute Gasteiger partial charge is 0.0859 e. The predicted molar refractivity (Wildman–Crippen MR) is 79.3 cm³/mol. The molecule has 2 N–H and O–H groups in total. The molecule has 2 aliphatic rings. The zero-order chi connectivity index (χ0) is 13.1. The zero-order valence-electron chi connectivity index (χ0n) is 11.9. The summed E-state index contributed by atoms with van der Waals surface area (Å²) in [5.41, 5.74) is 4.59. The average Bonchev–Trinajstić information content (AvgIpc) is 2.49. The topological polar surface area (TPSA) is 27.3 Å². The number of aryl methyl sites for hydroxylation is 2. The first-order valence-electron chi connectivity index (χ1n) is 7.62. The molecule has 3 nitrogen and oxygen atoms in total. The lowest BCUT2D eigenvalue weighted by atomic mass is 9.90. The summed E-state index contributed by atoms with van der Waals surface area (Å²) in [5, 5.41) is 6.92. The summed E-state index contributed by atoms with van der Waals surface area (Å²) < 4.78 is 0. The molecule has 1 aliphatic carbocycles. The number of hydrogen-bond acceptors (Lipinski definition) is 3. The second-order valence-electron chi connectivity index (χ2n) is 5.71. The van der Waals surface area contributed by atoms with Crippen LogP contribution in [0.4, 0.5) is 0 Å². The third kappa shape index (κ3) is 2.83. The molecule has 1 unspecified atom stereocenters. The fraction of sp³-hybridized carbons (Fsp3) is 0.625. The van der Waals surface area contributed by atoms with Crippen molar-refractivity contribution >= 4 is 0 Å². The molecule has 0 amide bonds. The molecular weight excluding hydrogens is 234 g/mol. The number of rotatable bonds is 3. The molecule has 3 rings (SSSR count). The van der Waals surface area contributed by atoms with Crippen molar-refractivity contribution in [1.82, 2.24) is 15.5 Å². The fourth-order valence-electron chi connectivity index (χ4n) is 3.42. The van der Waals surface area contributed by atoms with Crippen LogP contribution < -0.4 is 10.6 Å². The summed E-state index contributed by atoms with van der Waals surface area (Å²) in [4.78, 5) is 2.54. The van der Waals surface area contributed by atoms with Crippen LogP contribution >= 0.6 is 0 Å². The third-order valence-electron chi connectivity index (χ3n) is 4.48. The van der Waals surface area contributed by atoms with E-state index in [0.29, 0.717) is 6.17 Å². The lowest BCUT2D eigenvalue weighted by molar-refractivity contribution is 0.153. The molecule has 0 aromatic heterocycles. The minimum atomic E-state index is 0.370. The molecule has 1 heterocycles. The maximum Gasteiger partial charge on any atom is 0.0859 e. The van der Waals surface area contributed by atoms with E-state index in [1.807, 2.05) is 0 Å². The second kappa shape index (κ2) is 6.04. The second-order valence-corrected chi connectivity index (χ2v) is 5.71. The van der Waals surface area contributed by atoms with Crippen molar-refractivity contribution in [3.05, 3.63) is 34.9 Å². The Morgan fingerprint density at radius 3 is 2.58 bits per heavy atom. The van der Waals surface area contributed by atoms with E-state index in [-0.39, 0.29) is 0 Å². The van der Waals surface area contributed by atoms with Crippen molar-refractivity contribution in [2.45, 2.75) is 31.8 Å². The van der Waals surface area contributed by atoms with E-state index in [4.69, 9.17) is 0 Å². The average molecular weight is 259 g/mol. The van der Waals surface area contributed by atoms with Gasteiger partial charge in [-0.3, -0.25) is 4.90 Å². The number of hydrogen-bond donors (Lipinski definition) is 2. The molecule has 1 aromatic rings. The van der Waals surface area contributed by atoms with Crippen LogP contribution in [0.3, 0.4) is 0 Å². The largest absolute Gasteiger partial charge is 0.314 e. The first-order valence-corrected chi connectivity index (χ1v) is 7.62. The van der Waals surface area contributed by atoms with Gasteiger partial charge < -0.3 is 10.6 Å². The van der Waals surface area contributed by atoms with Gasteiger partial charge in [0.1, 0.15) is 0 Å². The highest BCUT2D eigenvalue weighted by Crippen LogP contribution is 2.26. The fourth-order valence-corrected chi connectivity index (χ4v) is 3.42. The van der Waals surface area contributed by atoms with Gasteiger partial charge in [0.2, 0.25) is 0 Å². The Hall–Kier alpha value is -0.900. The summed E-state index contributed by atoms with van der Waals surface area (Å²) in [6.45, 7) is 4.46. The molecule has 19 heavy (non-hydrogen) atoms. The van der Waals surface area contributed by atoms with Gasteiger partial charge in [0.05, 0.1) is 6.17 Å². The summed E-state index contributed by atoms with van der Waals surface area (Å²) in [6, 6.07) is 7.13. The van der Waals surface area contributed by atoms with Crippen LogP contribution in [-0.2, 0) is 12.8 Å². The van der Waals surface area contributed by atoms with Crippen LogP contribution in [0.2, 0.25) is 0 Å². The third-order valence-corrected chi connectivity index (χ3v) is 4.48. The summed E-state index contributed by atoms with van der Waals surface area (Å²) in [7, 11) is 2.08. The van der Waals surface area contributed by atoms with Crippen molar-refractivity contribution < 1.29 is 0 Å². The van der Waals surface area contributed by atoms with Crippen molar-refractivity contribution in [3.63, 3.8) is 0 Å². The highest BCUT2D eigenvalue weighted by molar-refractivity contribution is 5.35. The Kier molecular flexibility index (Phi) is 4.16. The Bertz CT molecular complexity index is 424. The van der Waals surface area contributed by atoms with Crippen molar-refractivity contribution in [2.24, 2.45) is 0 Å². The van der Waals surface area contributed by atoms with Gasteiger partial charge in [-0.05, 0) is 49.4 Å². The Labute approximate surface area is 116 Å². The number of nitrogens with one attached hydrogen (secondary N) is 2. The van der Waals surface area contributed by atoms with Gasteiger partial charge in [-0.2, -0.15) is 0 Å². The predicted octanol–water partition coefficient (Wildman–Crippen LogP) is 1.69. The van der Waals surface area contributed by atoms with Gasteiger partial charge in [0.15, 0.2) is 0 Å². The van der Waals surface area contributed by atoms with E-state index in [9.17, 15) is 0 Å². The van der Waals surface area contributed by atoms with Crippen molar-refractivity contribution in [3.8, 4) is 0 Å². The molecule has 0 radical (unpaired) electrons.